The highest BCUT2D eigenvalue weighted by molar-refractivity contribution is 5.43. The molecule has 1 atom stereocenters. The molecule has 3 nitrogen and oxygen atoms in total. The van der Waals surface area contributed by atoms with Crippen molar-refractivity contribution >= 4 is 12.5 Å². The molecule has 0 radical (unpaired) electrons. The van der Waals surface area contributed by atoms with E-state index in [-0.39, 0.29) is 0 Å². The maximum Gasteiger partial charge on any atom is 0.149 e. The lowest BCUT2D eigenvalue weighted by atomic mass is 10.0. The van der Waals surface area contributed by atoms with Crippen LogP contribution in [-0.4, -0.2) is 17.7 Å². The van der Waals surface area contributed by atoms with Crippen LogP contribution in [0.15, 0.2) is 23.3 Å². The van der Waals surface area contributed by atoms with Crippen LogP contribution in [0.1, 0.15) is 32.9 Å². The third kappa shape index (κ3) is 2.81. The van der Waals surface area contributed by atoms with Crippen LogP contribution in [0.5, 0.6) is 0 Å². The van der Waals surface area contributed by atoms with Crippen molar-refractivity contribution in [2.75, 3.05) is 5.01 Å². The van der Waals surface area contributed by atoms with Gasteiger partial charge in [0.1, 0.15) is 5.82 Å². The van der Waals surface area contributed by atoms with Crippen molar-refractivity contribution < 1.29 is 0 Å². The Balaban J connectivity index is 3.01. The van der Waals surface area contributed by atoms with E-state index in [9.17, 15) is 0 Å². The van der Waals surface area contributed by atoms with E-state index >= 15 is 0 Å². The van der Waals surface area contributed by atoms with Gasteiger partial charge in [-0.05, 0) is 31.4 Å². The van der Waals surface area contributed by atoms with Gasteiger partial charge in [0, 0.05) is 12.4 Å². The van der Waals surface area contributed by atoms with Crippen molar-refractivity contribution in [3.63, 3.8) is 0 Å². The summed E-state index contributed by atoms with van der Waals surface area (Å²) in [7, 11) is 0. The van der Waals surface area contributed by atoms with Crippen molar-refractivity contribution in [1.82, 2.24) is 4.98 Å². The average molecular weight is 219 g/mol. The summed E-state index contributed by atoms with van der Waals surface area (Å²) in [5.74, 6) is 1.41. The number of nitrogens with zero attached hydrogens (tertiary/aromatic N) is 3. The summed E-state index contributed by atoms with van der Waals surface area (Å²) in [6.07, 6.45) is 1.03. The fraction of sp³-hybridized carbons (Fsp3) is 0.538. The molecule has 3 heteroatoms. The van der Waals surface area contributed by atoms with Gasteiger partial charge in [-0.3, -0.25) is 0 Å². The van der Waals surface area contributed by atoms with Gasteiger partial charge in [0.25, 0.3) is 0 Å². The second-order valence-corrected chi connectivity index (χ2v) is 4.34. The van der Waals surface area contributed by atoms with Crippen molar-refractivity contribution in [2.45, 2.75) is 40.2 Å². The SMILES string of the molecule is C=NN(c1cccc(C)n1)C(CC)C(C)C. The molecule has 0 aliphatic rings. The summed E-state index contributed by atoms with van der Waals surface area (Å²) in [5, 5.41) is 6.04. The van der Waals surface area contributed by atoms with E-state index in [0.717, 1.165) is 17.9 Å². The minimum atomic E-state index is 0.354. The average Bonchev–Trinajstić information content (AvgIpc) is 2.25. The van der Waals surface area contributed by atoms with E-state index in [4.69, 9.17) is 0 Å². The standard InChI is InChI=1S/C13H21N3/c1-6-12(10(2)3)16(14-5)13-9-7-8-11(4)15-13/h7-10,12H,5-6H2,1-4H3. The predicted molar refractivity (Wildman–Crippen MR) is 69.9 cm³/mol. The first-order chi connectivity index (χ1) is 7.60. The van der Waals surface area contributed by atoms with E-state index in [1.54, 1.807) is 0 Å². The van der Waals surface area contributed by atoms with Crippen molar-refractivity contribution in [3.8, 4) is 0 Å². The minimum Gasteiger partial charge on any atom is -0.245 e. The number of hydrogen-bond donors (Lipinski definition) is 0. The van der Waals surface area contributed by atoms with Gasteiger partial charge in [0.15, 0.2) is 0 Å². The summed E-state index contributed by atoms with van der Waals surface area (Å²) in [4.78, 5) is 4.49. The Labute approximate surface area is 98.2 Å². The van der Waals surface area contributed by atoms with Gasteiger partial charge in [-0.25, -0.2) is 9.99 Å². The van der Waals surface area contributed by atoms with Crippen LogP contribution in [0.4, 0.5) is 5.82 Å². The van der Waals surface area contributed by atoms with Crippen LogP contribution >= 0.6 is 0 Å². The summed E-state index contributed by atoms with van der Waals surface area (Å²) in [6.45, 7) is 12.2. The van der Waals surface area contributed by atoms with E-state index in [1.165, 1.54) is 0 Å². The summed E-state index contributed by atoms with van der Waals surface area (Å²) >= 11 is 0. The number of aryl methyl sites for hydroxylation is 1. The maximum absolute atomic E-state index is 4.49. The molecule has 0 saturated carbocycles. The molecular weight excluding hydrogens is 198 g/mol. The summed E-state index contributed by atoms with van der Waals surface area (Å²) in [6, 6.07) is 6.32. The third-order valence-electron chi connectivity index (χ3n) is 2.76. The highest BCUT2D eigenvalue weighted by Gasteiger charge is 2.20. The van der Waals surface area contributed by atoms with Crippen LogP contribution in [0.3, 0.4) is 0 Å². The molecule has 1 heterocycles. The fourth-order valence-corrected chi connectivity index (χ4v) is 1.93. The van der Waals surface area contributed by atoms with Crippen LogP contribution < -0.4 is 5.01 Å². The molecule has 1 aromatic rings. The van der Waals surface area contributed by atoms with Gasteiger partial charge in [0.05, 0.1) is 6.04 Å². The lowest BCUT2D eigenvalue weighted by molar-refractivity contribution is 0.446. The molecule has 0 aromatic carbocycles. The van der Waals surface area contributed by atoms with Gasteiger partial charge in [0.2, 0.25) is 0 Å². The molecule has 0 bridgehead atoms. The molecule has 0 fully saturated rings. The number of aromatic nitrogens is 1. The molecule has 0 saturated heterocycles. The van der Waals surface area contributed by atoms with Crippen molar-refractivity contribution in [1.29, 1.82) is 0 Å². The fourth-order valence-electron chi connectivity index (χ4n) is 1.93. The van der Waals surface area contributed by atoms with E-state index in [1.807, 2.05) is 30.1 Å². The Morgan fingerprint density at radius 1 is 1.44 bits per heavy atom. The predicted octanol–water partition coefficient (Wildman–Crippen LogP) is 3.25. The van der Waals surface area contributed by atoms with E-state index in [0.29, 0.717) is 12.0 Å². The van der Waals surface area contributed by atoms with Gasteiger partial charge >= 0.3 is 0 Å². The van der Waals surface area contributed by atoms with Gasteiger partial charge in [-0.1, -0.05) is 26.8 Å². The lowest BCUT2D eigenvalue weighted by Gasteiger charge is -2.30. The molecule has 1 rings (SSSR count). The Hall–Kier alpha value is -1.38. The monoisotopic (exact) mass is 219 g/mol. The van der Waals surface area contributed by atoms with E-state index in [2.05, 4.69) is 37.6 Å². The van der Waals surface area contributed by atoms with Crippen LogP contribution in [0, 0.1) is 12.8 Å². The highest BCUT2D eigenvalue weighted by atomic mass is 15.5. The number of hydrogen-bond acceptors (Lipinski definition) is 3. The second kappa shape index (κ2) is 5.64. The first kappa shape index (κ1) is 12.7. The van der Waals surface area contributed by atoms with Crippen molar-refractivity contribution in [3.05, 3.63) is 23.9 Å². The highest BCUT2D eigenvalue weighted by Crippen LogP contribution is 2.21. The molecule has 0 spiro atoms. The zero-order chi connectivity index (χ0) is 12.1. The zero-order valence-electron chi connectivity index (χ0n) is 10.6. The Morgan fingerprint density at radius 3 is 2.56 bits per heavy atom. The first-order valence-electron chi connectivity index (χ1n) is 5.79. The largest absolute Gasteiger partial charge is 0.245 e. The Kier molecular flexibility index (Phi) is 4.47. The molecular formula is C13H21N3. The smallest absolute Gasteiger partial charge is 0.149 e. The molecule has 1 unspecified atom stereocenters. The number of pyridine rings is 1. The summed E-state index contributed by atoms with van der Waals surface area (Å²) in [5.41, 5.74) is 1.00. The normalized spacial score (nSPS) is 12.6. The van der Waals surface area contributed by atoms with Gasteiger partial charge < -0.3 is 0 Å². The van der Waals surface area contributed by atoms with Crippen LogP contribution in [0.25, 0.3) is 0 Å². The molecule has 0 aliphatic carbocycles. The number of rotatable bonds is 5. The molecule has 88 valence electrons. The minimum absolute atomic E-state index is 0.354. The van der Waals surface area contributed by atoms with Crippen LogP contribution in [-0.2, 0) is 0 Å². The number of hydrazone groups is 1. The van der Waals surface area contributed by atoms with Gasteiger partial charge in [-0.15, -0.1) is 0 Å². The molecule has 0 amide bonds. The maximum atomic E-state index is 4.49. The molecule has 0 aliphatic heterocycles. The quantitative estimate of drug-likeness (QED) is 0.562. The zero-order valence-corrected chi connectivity index (χ0v) is 10.6. The first-order valence-corrected chi connectivity index (χ1v) is 5.79. The van der Waals surface area contributed by atoms with Crippen molar-refractivity contribution in [2.24, 2.45) is 11.0 Å². The van der Waals surface area contributed by atoms with E-state index < -0.39 is 0 Å². The summed E-state index contributed by atoms with van der Waals surface area (Å²) < 4.78 is 0. The topological polar surface area (TPSA) is 28.5 Å². The lowest BCUT2D eigenvalue weighted by Crippen LogP contribution is -2.35. The Morgan fingerprint density at radius 2 is 2.12 bits per heavy atom. The molecule has 1 aromatic heterocycles. The van der Waals surface area contributed by atoms with Gasteiger partial charge in [-0.2, -0.15) is 5.10 Å². The molecule has 16 heavy (non-hydrogen) atoms. The second-order valence-electron chi connectivity index (χ2n) is 4.34. The third-order valence-corrected chi connectivity index (χ3v) is 2.76. The molecule has 0 N–H and O–H groups in total. The Bertz CT molecular complexity index is 347. The van der Waals surface area contributed by atoms with Crippen LogP contribution in [0.2, 0.25) is 0 Å². The number of anilines is 1.